The average Bonchev–Trinajstić information content (AvgIpc) is 3.23. The van der Waals surface area contributed by atoms with Crippen LogP contribution in [0.2, 0.25) is 0 Å². The summed E-state index contributed by atoms with van der Waals surface area (Å²) in [6.07, 6.45) is 9.73. The van der Waals surface area contributed by atoms with E-state index in [1.165, 1.54) is 12.1 Å². The Bertz CT molecular complexity index is 606. The van der Waals surface area contributed by atoms with Crippen molar-refractivity contribution >= 4 is 11.9 Å². The van der Waals surface area contributed by atoms with Gasteiger partial charge in [0.1, 0.15) is 0 Å². The molecule has 1 saturated heterocycles. The van der Waals surface area contributed by atoms with E-state index in [4.69, 9.17) is 0 Å². The molecule has 0 radical (unpaired) electrons. The predicted octanol–water partition coefficient (Wildman–Crippen LogP) is 2.71. The molecule has 3 amide bonds. The minimum absolute atomic E-state index is 0.208. The number of likely N-dealkylation sites (tertiary alicyclic amines) is 1. The van der Waals surface area contributed by atoms with Crippen molar-refractivity contribution in [3.8, 4) is 0 Å². The number of urea groups is 1. The van der Waals surface area contributed by atoms with Gasteiger partial charge >= 0.3 is 6.03 Å². The third-order valence-corrected chi connectivity index (χ3v) is 5.67. The summed E-state index contributed by atoms with van der Waals surface area (Å²) in [6.45, 7) is 2.78. The smallest absolute Gasteiger partial charge is 0.321 e. The highest BCUT2D eigenvalue weighted by atomic mass is 16.2. The van der Waals surface area contributed by atoms with Crippen LogP contribution >= 0.6 is 0 Å². The molecular formula is C19H30N4O2. The lowest BCUT2D eigenvalue weighted by Crippen LogP contribution is -2.51. The van der Waals surface area contributed by atoms with Crippen LogP contribution in [0.1, 0.15) is 63.6 Å². The zero-order valence-electron chi connectivity index (χ0n) is 15.3. The fraction of sp³-hybridized carbons (Fsp3) is 0.684. The Labute approximate surface area is 149 Å². The normalized spacial score (nSPS) is 23.4. The van der Waals surface area contributed by atoms with Gasteiger partial charge in [0.2, 0.25) is 5.91 Å². The number of hydrogen-bond donors (Lipinski definition) is 2. The number of carbonyl (C=O) groups is 2. The number of aryl methyl sites for hydroxylation is 1. The van der Waals surface area contributed by atoms with Gasteiger partial charge in [-0.05, 0) is 51.3 Å². The number of amides is 3. The summed E-state index contributed by atoms with van der Waals surface area (Å²) in [5.74, 6) is -0.214. The van der Waals surface area contributed by atoms with Gasteiger partial charge in [0.15, 0.2) is 0 Å². The van der Waals surface area contributed by atoms with E-state index in [1.54, 1.807) is 0 Å². The SMILES string of the molecule is C[C@H](C(=O)NC(=O)NC1CCCCC1)N1CCC[C@@H]1c1cccn1C. The molecule has 6 heteroatoms. The van der Waals surface area contributed by atoms with Crippen molar-refractivity contribution in [2.45, 2.75) is 70.0 Å². The minimum Gasteiger partial charge on any atom is -0.353 e. The third-order valence-electron chi connectivity index (χ3n) is 5.67. The molecule has 0 aromatic carbocycles. The number of carbonyl (C=O) groups excluding carboxylic acids is 2. The molecule has 1 aliphatic carbocycles. The second-order valence-electron chi connectivity index (χ2n) is 7.41. The number of imide groups is 1. The molecule has 1 saturated carbocycles. The summed E-state index contributed by atoms with van der Waals surface area (Å²) >= 11 is 0. The summed E-state index contributed by atoms with van der Waals surface area (Å²) in [7, 11) is 2.04. The molecule has 138 valence electrons. The maximum absolute atomic E-state index is 12.6. The highest BCUT2D eigenvalue weighted by molar-refractivity contribution is 5.96. The van der Waals surface area contributed by atoms with Crippen molar-refractivity contribution in [2.75, 3.05) is 6.54 Å². The molecule has 2 atom stereocenters. The molecule has 1 aromatic heterocycles. The number of nitrogens with zero attached hydrogens (tertiary/aromatic N) is 2. The molecule has 2 fully saturated rings. The first-order valence-corrected chi connectivity index (χ1v) is 9.54. The van der Waals surface area contributed by atoms with Crippen LogP contribution in [0.5, 0.6) is 0 Å². The van der Waals surface area contributed by atoms with Crippen molar-refractivity contribution in [3.63, 3.8) is 0 Å². The van der Waals surface area contributed by atoms with Gasteiger partial charge in [0.05, 0.1) is 12.1 Å². The van der Waals surface area contributed by atoms with Gasteiger partial charge in [-0.3, -0.25) is 15.0 Å². The number of hydrogen-bond acceptors (Lipinski definition) is 3. The Morgan fingerprint density at radius 1 is 1.16 bits per heavy atom. The quantitative estimate of drug-likeness (QED) is 0.881. The summed E-state index contributed by atoms with van der Waals surface area (Å²) in [5.41, 5.74) is 1.23. The van der Waals surface area contributed by atoms with Gasteiger partial charge in [0, 0.05) is 25.0 Å². The summed E-state index contributed by atoms with van der Waals surface area (Å²) in [4.78, 5) is 26.9. The lowest BCUT2D eigenvalue weighted by atomic mass is 9.96. The van der Waals surface area contributed by atoms with Gasteiger partial charge in [0.25, 0.3) is 0 Å². The van der Waals surface area contributed by atoms with Crippen LogP contribution in [0.3, 0.4) is 0 Å². The molecule has 0 bridgehead atoms. The second-order valence-corrected chi connectivity index (χ2v) is 7.41. The van der Waals surface area contributed by atoms with Crippen molar-refractivity contribution in [3.05, 3.63) is 24.0 Å². The van der Waals surface area contributed by atoms with E-state index in [9.17, 15) is 9.59 Å². The van der Waals surface area contributed by atoms with Gasteiger partial charge in [-0.15, -0.1) is 0 Å². The maximum atomic E-state index is 12.6. The van der Waals surface area contributed by atoms with Crippen molar-refractivity contribution in [1.29, 1.82) is 0 Å². The van der Waals surface area contributed by atoms with E-state index in [0.717, 1.165) is 45.1 Å². The lowest BCUT2D eigenvalue weighted by Gasteiger charge is -2.30. The molecular weight excluding hydrogens is 316 g/mol. The second kappa shape index (κ2) is 8.04. The topological polar surface area (TPSA) is 66.4 Å². The molecule has 1 aromatic rings. The van der Waals surface area contributed by atoms with E-state index < -0.39 is 0 Å². The standard InChI is InChI=1S/C19H30N4O2/c1-14(18(24)21-19(25)20-15-8-4-3-5-9-15)23-13-7-11-17(23)16-10-6-12-22(16)2/h6,10,12,14-15,17H,3-5,7-9,11,13H2,1-2H3,(H2,20,21,24,25)/t14-,17-/m1/s1. The largest absolute Gasteiger partial charge is 0.353 e. The van der Waals surface area contributed by atoms with E-state index in [2.05, 4.69) is 26.2 Å². The van der Waals surface area contributed by atoms with Crippen molar-refractivity contribution in [1.82, 2.24) is 20.1 Å². The first-order valence-electron chi connectivity index (χ1n) is 9.54. The van der Waals surface area contributed by atoms with E-state index in [1.807, 2.05) is 26.2 Å². The number of rotatable bonds is 4. The van der Waals surface area contributed by atoms with Crippen molar-refractivity contribution in [2.24, 2.45) is 7.05 Å². The molecule has 6 nitrogen and oxygen atoms in total. The van der Waals surface area contributed by atoms with Crippen LogP contribution in [0.25, 0.3) is 0 Å². The predicted molar refractivity (Wildman–Crippen MR) is 97.1 cm³/mol. The molecule has 2 heterocycles. The monoisotopic (exact) mass is 346 g/mol. The summed E-state index contributed by atoms with van der Waals surface area (Å²) in [6, 6.07) is 3.93. The van der Waals surface area contributed by atoms with Gasteiger partial charge in [-0.2, -0.15) is 0 Å². The van der Waals surface area contributed by atoms with Crippen LogP contribution < -0.4 is 10.6 Å². The Hall–Kier alpha value is -1.82. The average molecular weight is 346 g/mol. The first-order chi connectivity index (χ1) is 12.1. The first kappa shape index (κ1) is 18.0. The van der Waals surface area contributed by atoms with E-state index in [0.29, 0.717) is 0 Å². The highest BCUT2D eigenvalue weighted by Gasteiger charge is 2.34. The Kier molecular flexibility index (Phi) is 5.78. The lowest BCUT2D eigenvalue weighted by molar-refractivity contribution is -0.125. The third kappa shape index (κ3) is 4.24. The van der Waals surface area contributed by atoms with Crippen molar-refractivity contribution < 1.29 is 9.59 Å². The zero-order valence-corrected chi connectivity index (χ0v) is 15.3. The molecule has 0 unspecified atom stereocenters. The molecule has 25 heavy (non-hydrogen) atoms. The summed E-state index contributed by atoms with van der Waals surface area (Å²) in [5, 5.41) is 5.50. The Balaban J connectivity index is 1.56. The van der Waals surface area contributed by atoms with Crippen LogP contribution in [0.15, 0.2) is 18.3 Å². The molecule has 3 rings (SSSR count). The number of aromatic nitrogens is 1. The Morgan fingerprint density at radius 3 is 2.60 bits per heavy atom. The van der Waals surface area contributed by atoms with Gasteiger partial charge in [-0.1, -0.05) is 19.3 Å². The van der Waals surface area contributed by atoms with Gasteiger partial charge < -0.3 is 9.88 Å². The maximum Gasteiger partial charge on any atom is 0.321 e. The zero-order chi connectivity index (χ0) is 17.8. The summed E-state index contributed by atoms with van der Waals surface area (Å²) < 4.78 is 2.11. The van der Waals surface area contributed by atoms with Crippen LogP contribution in [0, 0.1) is 0 Å². The van der Waals surface area contributed by atoms with Crippen LogP contribution in [-0.2, 0) is 11.8 Å². The van der Waals surface area contributed by atoms with Crippen LogP contribution in [0.4, 0.5) is 4.79 Å². The van der Waals surface area contributed by atoms with E-state index >= 15 is 0 Å². The highest BCUT2D eigenvalue weighted by Crippen LogP contribution is 2.33. The molecule has 0 spiro atoms. The Morgan fingerprint density at radius 2 is 1.92 bits per heavy atom. The van der Waals surface area contributed by atoms with Crippen LogP contribution in [-0.4, -0.2) is 40.0 Å². The fourth-order valence-electron chi connectivity index (χ4n) is 4.23. The van der Waals surface area contributed by atoms with E-state index in [-0.39, 0.29) is 30.1 Å². The van der Waals surface area contributed by atoms with Gasteiger partial charge in [-0.25, -0.2) is 4.79 Å². The molecule has 2 aliphatic rings. The number of nitrogens with one attached hydrogen (secondary N) is 2. The fourth-order valence-corrected chi connectivity index (χ4v) is 4.23. The molecule has 2 N–H and O–H groups in total. The minimum atomic E-state index is -0.349. The molecule has 1 aliphatic heterocycles.